The van der Waals surface area contributed by atoms with Crippen molar-refractivity contribution in [2.45, 2.75) is 26.1 Å². The fourth-order valence-corrected chi connectivity index (χ4v) is 2.88. The highest BCUT2D eigenvalue weighted by atomic mass is 16.5. The van der Waals surface area contributed by atoms with E-state index in [9.17, 15) is 4.79 Å². The summed E-state index contributed by atoms with van der Waals surface area (Å²) >= 11 is 0. The second-order valence-electron chi connectivity index (χ2n) is 6.31. The highest BCUT2D eigenvalue weighted by molar-refractivity contribution is 5.74. The van der Waals surface area contributed by atoms with Gasteiger partial charge in [0, 0.05) is 31.7 Å². The van der Waals surface area contributed by atoms with Gasteiger partial charge in [0.1, 0.15) is 0 Å². The molecule has 1 unspecified atom stereocenters. The lowest BCUT2D eigenvalue weighted by Crippen LogP contribution is -2.36. The number of carbonyl (C=O) groups is 1. The van der Waals surface area contributed by atoms with Crippen LogP contribution in [0.1, 0.15) is 29.7 Å². The minimum absolute atomic E-state index is 0.101. The van der Waals surface area contributed by atoms with E-state index in [4.69, 9.17) is 4.74 Å². The third kappa shape index (κ3) is 4.95. The smallest absolute Gasteiger partial charge is 0.315 e. The van der Waals surface area contributed by atoms with Gasteiger partial charge in [0.05, 0.1) is 19.0 Å². The molecule has 2 amide bonds. The van der Waals surface area contributed by atoms with Crippen molar-refractivity contribution in [3.8, 4) is 5.69 Å². The fourth-order valence-electron chi connectivity index (χ4n) is 2.88. The number of hydrogen-bond acceptors (Lipinski definition) is 3. The first-order valence-electron chi connectivity index (χ1n) is 8.85. The molecule has 1 aromatic heterocycles. The third-order valence-corrected chi connectivity index (χ3v) is 4.40. The number of carbonyl (C=O) groups excluding carboxylic acids is 1. The number of nitrogens with one attached hydrogen (secondary N) is 2. The summed E-state index contributed by atoms with van der Waals surface area (Å²) < 4.78 is 7.14. The Hall–Kier alpha value is -3.12. The van der Waals surface area contributed by atoms with E-state index in [1.54, 1.807) is 19.6 Å². The average Bonchev–Trinajstić information content (AvgIpc) is 3.22. The Balaban J connectivity index is 1.55. The van der Waals surface area contributed by atoms with Gasteiger partial charge in [0.15, 0.2) is 0 Å². The van der Waals surface area contributed by atoms with Crippen LogP contribution in [0, 0.1) is 0 Å². The van der Waals surface area contributed by atoms with Crippen LogP contribution in [0.15, 0.2) is 67.3 Å². The molecule has 0 aliphatic rings. The fraction of sp³-hybridized carbons (Fsp3) is 0.238. The van der Waals surface area contributed by atoms with E-state index >= 15 is 0 Å². The molecule has 0 spiro atoms. The monoisotopic (exact) mass is 364 g/mol. The van der Waals surface area contributed by atoms with Gasteiger partial charge in [-0.25, -0.2) is 9.78 Å². The Morgan fingerprint density at radius 1 is 1.15 bits per heavy atom. The van der Waals surface area contributed by atoms with Crippen molar-refractivity contribution >= 4 is 6.03 Å². The second kappa shape index (κ2) is 9.00. The Morgan fingerprint density at radius 3 is 2.56 bits per heavy atom. The lowest BCUT2D eigenvalue weighted by molar-refractivity contribution is 0.184. The maximum absolute atomic E-state index is 12.3. The molecule has 1 heterocycles. The molecule has 0 aliphatic carbocycles. The molecule has 27 heavy (non-hydrogen) atoms. The van der Waals surface area contributed by atoms with Crippen molar-refractivity contribution in [3.63, 3.8) is 0 Å². The third-order valence-electron chi connectivity index (χ3n) is 4.40. The number of rotatable bonds is 7. The van der Waals surface area contributed by atoms with Crippen molar-refractivity contribution in [2.75, 3.05) is 7.11 Å². The molecule has 2 N–H and O–H groups in total. The molecule has 0 saturated heterocycles. The van der Waals surface area contributed by atoms with Crippen LogP contribution in [0.25, 0.3) is 5.69 Å². The molecule has 0 aliphatic heterocycles. The van der Waals surface area contributed by atoms with Crippen LogP contribution >= 0.6 is 0 Å². The zero-order chi connectivity index (χ0) is 19.1. The van der Waals surface area contributed by atoms with Gasteiger partial charge in [0.2, 0.25) is 0 Å². The standard InChI is InChI=1S/C21H24N4O2/c1-16(17-7-9-20(10-8-17)25-12-11-22-15-25)24-21(26)23-13-18-5-3-4-6-19(18)14-27-2/h3-12,15-16H,13-14H2,1-2H3,(H2,23,24,26). The van der Waals surface area contributed by atoms with Gasteiger partial charge in [-0.05, 0) is 35.7 Å². The molecule has 3 aromatic rings. The van der Waals surface area contributed by atoms with E-state index in [1.807, 2.05) is 66.2 Å². The lowest BCUT2D eigenvalue weighted by atomic mass is 10.1. The Morgan fingerprint density at radius 2 is 1.89 bits per heavy atom. The number of hydrogen-bond donors (Lipinski definition) is 2. The van der Waals surface area contributed by atoms with Crippen LogP contribution in [0.3, 0.4) is 0 Å². The van der Waals surface area contributed by atoms with E-state index < -0.39 is 0 Å². The topological polar surface area (TPSA) is 68.2 Å². The molecule has 6 heteroatoms. The van der Waals surface area contributed by atoms with Crippen molar-refractivity contribution in [3.05, 3.63) is 83.9 Å². The summed E-state index contributed by atoms with van der Waals surface area (Å²) in [6.07, 6.45) is 5.39. The predicted octanol–water partition coefficient (Wildman–Crippen LogP) is 3.58. The number of benzene rings is 2. The highest BCUT2D eigenvalue weighted by Crippen LogP contribution is 2.16. The number of nitrogens with zero attached hydrogens (tertiary/aromatic N) is 2. The van der Waals surface area contributed by atoms with Crippen LogP contribution < -0.4 is 10.6 Å². The highest BCUT2D eigenvalue weighted by Gasteiger charge is 2.10. The Labute approximate surface area is 159 Å². The van der Waals surface area contributed by atoms with E-state index in [2.05, 4.69) is 15.6 Å². The summed E-state index contributed by atoms with van der Waals surface area (Å²) in [5.74, 6) is 0. The van der Waals surface area contributed by atoms with Gasteiger partial charge in [-0.3, -0.25) is 0 Å². The minimum atomic E-state index is -0.201. The molecule has 2 aromatic carbocycles. The van der Waals surface area contributed by atoms with Gasteiger partial charge < -0.3 is 19.9 Å². The van der Waals surface area contributed by atoms with Crippen molar-refractivity contribution in [1.82, 2.24) is 20.2 Å². The Kier molecular flexibility index (Phi) is 6.22. The molecule has 0 fully saturated rings. The van der Waals surface area contributed by atoms with E-state index in [1.165, 1.54) is 0 Å². The summed E-state index contributed by atoms with van der Waals surface area (Å²) in [7, 11) is 1.66. The predicted molar refractivity (Wildman–Crippen MR) is 105 cm³/mol. The summed E-state index contributed by atoms with van der Waals surface area (Å²) in [5, 5.41) is 5.89. The summed E-state index contributed by atoms with van der Waals surface area (Å²) in [5.41, 5.74) is 4.19. The van der Waals surface area contributed by atoms with Gasteiger partial charge in [-0.1, -0.05) is 36.4 Å². The number of methoxy groups -OCH3 is 1. The number of urea groups is 1. The van der Waals surface area contributed by atoms with Gasteiger partial charge in [-0.2, -0.15) is 0 Å². The molecule has 3 rings (SSSR count). The van der Waals surface area contributed by atoms with Crippen LogP contribution in [-0.4, -0.2) is 22.7 Å². The van der Waals surface area contributed by atoms with Crippen LogP contribution in [0.5, 0.6) is 0 Å². The molecular weight excluding hydrogens is 340 g/mol. The maximum atomic E-state index is 12.3. The van der Waals surface area contributed by atoms with Gasteiger partial charge in [-0.15, -0.1) is 0 Å². The maximum Gasteiger partial charge on any atom is 0.315 e. The molecule has 0 bridgehead atoms. The first kappa shape index (κ1) is 18.7. The van der Waals surface area contributed by atoms with Crippen molar-refractivity contribution in [1.29, 1.82) is 0 Å². The first-order valence-corrected chi connectivity index (χ1v) is 8.85. The van der Waals surface area contributed by atoms with Crippen molar-refractivity contribution in [2.24, 2.45) is 0 Å². The molecule has 140 valence electrons. The van der Waals surface area contributed by atoms with Crippen LogP contribution in [0.4, 0.5) is 4.79 Å². The van der Waals surface area contributed by atoms with E-state index in [0.29, 0.717) is 13.2 Å². The normalized spacial score (nSPS) is 11.8. The van der Waals surface area contributed by atoms with Gasteiger partial charge >= 0.3 is 6.03 Å². The largest absolute Gasteiger partial charge is 0.380 e. The first-order chi connectivity index (χ1) is 13.2. The zero-order valence-electron chi connectivity index (χ0n) is 15.6. The second-order valence-corrected chi connectivity index (χ2v) is 6.31. The summed E-state index contributed by atoms with van der Waals surface area (Å²) in [4.78, 5) is 16.3. The number of aromatic nitrogens is 2. The molecule has 1 atom stereocenters. The lowest BCUT2D eigenvalue weighted by Gasteiger charge is -2.16. The Bertz CT molecular complexity index is 860. The quantitative estimate of drug-likeness (QED) is 0.673. The molecule has 6 nitrogen and oxygen atoms in total. The number of imidazole rings is 1. The van der Waals surface area contributed by atoms with E-state index in [0.717, 1.165) is 22.4 Å². The zero-order valence-corrected chi connectivity index (χ0v) is 15.6. The SMILES string of the molecule is COCc1ccccc1CNC(=O)NC(C)c1ccc(-n2ccnc2)cc1. The van der Waals surface area contributed by atoms with Crippen LogP contribution in [0.2, 0.25) is 0 Å². The van der Waals surface area contributed by atoms with Crippen LogP contribution in [-0.2, 0) is 17.9 Å². The summed E-state index contributed by atoms with van der Waals surface area (Å²) in [6.45, 7) is 2.95. The van der Waals surface area contributed by atoms with E-state index in [-0.39, 0.29) is 12.1 Å². The molecule has 0 radical (unpaired) electrons. The minimum Gasteiger partial charge on any atom is -0.380 e. The molecular formula is C21H24N4O2. The van der Waals surface area contributed by atoms with Gasteiger partial charge in [0.25, 0.3) is 0 Å². The number of ether oxygens (including phenoxy) is 1. The average molecular weight is 364 g/mol. The van der Waals surface area contributed by atoms with Crippen molar-refractivity contribution < 1.29 is 9.53 Å². The number of amides is 2. The molecule has 0 saturated carbocycles. The summed E-state index contributed by atoms with van der Waals surface area (Å²) in [6, 6.07) is 15.6.